The molecule has 0 aromatic heterocycles. The number of alkyl halides is 3. The molecule has 0 aliphatic heterocycles. The molecule has 0 amide bonds. The minimum atomic E-state index is -3.97. The lowest BCUT2D eigenvalue weighted by molar-refractivity contribution is -0.147. The Hall–Kier alpha value is -0.210. The second kappa shape index (κ2) is 10.1. The summed E-state index contributed by atoms with van der Waals surface area (Å²) in [6, 6.07) is 0. The maximum atomic E-state index is 12.5. The predicted molar refractivity (Wildman–Crippen MR) is 94.9 cm³/mol. The van der Waals surface area contributed by atoms with Crippen molar-refractivity contribution in [1.29, 1.82) is 0 Å². The molecule has 0 bridgehead atoms. The minimum Gasteiger partial charge on any atom is -0.171 e. The highest BCUT2D eigenvalue weighted by Gasteiger charge is 2.36. The molecule has 0 N–H and O–H groups in total. The van der Waals surface area contributed by atoms with Crippen molar-refractivity contribution in [3.05, 3.63) is 0 Å². The summed E-state index contributed by atoms with van der Waals surface area (Å²) < 4.78 is 37.5. The van der Waals surface area contributed by atoms with Gasteiger partial charge in [-0.25, -0.2) is 0 Å². The average Bonchev–Trinajstić information content (AvgIpc) is 2.55. The van der Waals surface area contributed by atoms with Gasteiger partial charge in [-0.1, -0.05) is 58.3 Å². The fourth-order valence-electron chi connectivity index (χ4n) is 5.18. The zero-order chi connectivity index (χ0) is 17.4. The Morgan fingerprint density at radius 2 is 1.17 bits per heavy atom. The van der Waals surface area contributed by atoms with Gasteiger partial charge in [0.2, 0.25) is 0 Å². The fraction of sp³-hybridized carbons (Fsp3) is 1.00. The Morgan fingerprint density at radius 1 is 0.667 bits per heavy atom. The normalized spacial score (nSPS) is 32.0. The van der Waals surface area contributed by atoms with E-state index in [1.54, 1.807) is 0 Å². The van der Waals surface area contributed by atoms with Gasteiger partial charge in [0, 0.05) is 6.42 Å². The van der Waals surface area contributed by atoms with Crippen LogP contribution in [0.25, 0.3) is 0 Å². The molecule has 0 atom stereocenters. The Morgan fingerprint density at radius 3 is 1.67 bits per heavy atom. The van der Waals surface area contributed by atoms with E-state index in [1.165, 1.54) is 64.2 Å². The zero-order valence-corrected chi connectivity index (χ0v) is 15.5. The summed E-state index contributed by atoms with van der Waals surface area (Å²) in [6.45, 7) is 2.26. The molecule has 0 heterocycles. The summed E-state index contributed by atoms with van der Waals surface area (Å²) in [5.41, 5.74) is 0. The number of rotatable bonds is 8. The molecule has 0 saturated heterocycles. The molecule has 0 aromatic rings. The van der Waals surface area contributed by atoms with E-state index >= 15 is 0 Å². The van der Waals surface area contributed by atoms with E-state index in [2.05, 4.69) is 6.92 Å². The minimum absolute atomic E-state index is 0.0966. The first kappa shape index (κ1) is 20.1. The molecule has 142 valence electrons. The molecule has 3 heteroatoms. The van der Waals surface area contributed by atoms with Gasteiger partial charge in [0.1, 0.15) is 0 Å². The van der Waals surface area contributed by atoms with Crippen molar-refractivity contribution in [3.8, 4) is 0 Å². The Kier molecular flexibility index (Phi) is 8.43. The van der Waals surface area contributed by atoms with Crippen LogP contribution >= 0.6 is 0 Å². The van der Waals surface area contributed by atoms with Crippen LogP contribution in [-0.4, -0.2) is 6.18 Å². The van der Waals surface area contributed by atoms with Gasteiger partial charge in [0.15, 0.2) is 0 Å². The van der Waals surface area contributed by atoms with Crippen LogP contribution in [0.1, 0.15) is 103 Å². The number of unbranched alkanes of at least 4 members (excludes halogenated alkanes) is 4. The van der Waals surface area contributed by atoms with Crippen LogP contribution in [0.2, 0.25) is 0 Å². The highest BCUT2D eigenvalue weighted by molar-refractivity contribution is 4.82. The van der Waals surface area contributed by atoms with Crippen LogP contribution in [0.15, 0.2) is 0 Å². The van der Waals surface area contributed by atoms with Crippen LogP contribution < -0.4 is 0 Å². The van der Waals surface area contributed by atoms with Crippen LogP contribution in [0.4, 0.5) is 13.2 Å². The third kappa shape index (κ3) is 7.35. The second-order valence-electron chi connectivity index (χ2n) is 8.58. The Bertz CT molecular complexity index is 320. The quantitative estimate of drug-likeness (QED) is 0.392. The Labute approximate surface area is 147 Å². The van der Waals surface area contributed by atoms with E-state index < -0.39 is 12.6 Å². The van der Waals surface area contributed by atoms with E-state index in [9.17, 15) is 13.2 Å². The van der Waals surface area contributed by atoms with Crippen molar-refractivity contribution in [2.45, 2.75) is 109 Å². The molecule has 2 aliphatic rings. The molecule has 0 spiro atoms. The molecule has 0 radical (unpaired) electrons. The van der Waals surface area contributed by atoms with Crippen molar-refractivity contribution < 1.29 is 13.2 Å². The molecule has 2 rings (SSSR count). The predicted octanol–water partition coefficient (Wildman–Crippen LogP) is 7.91. The first-order chi connectivity index (χ1) is 11.5. The third-order valence-corrected chi connectivity index (χ3v) is 6.69. The topological polar surface area (TPSA) is 0 Å². The molecule has 0 aromatic carbocycles. The zero-order valence-electron chi connectivity index (χ0n) is 15.5. The molecule has 2 fully saturated rings. The van der Waals surface area contributed by atoms with Crippen molar-refractivity contribution in [3.63, 3.8) is 0 Å². The molecule has 2 aliphatic carbocycles. The summed E-state index contributed by atoms with van der Waals surface area (Å²) in [5, 5.41) is 0. The monoisotopic (exact) mass is 346 g/mol. The van der Waals surface area contributed by atoms with E-state index in [4.69, 9.17) is 0 Å². The summed E-state index contributed by atoms with van der Waals surface area (Å²) in [6.07, 6.45) is 12.9. The van der Waals surface area contributed by atoms with Crippen LogP contribution in [0.3, 0.4) is 0 Å². The second-order valence-corrected chi connectivity index (χ2v) is 8.58. The van der Waals surface area contributed by atoms with Crippen molar-refractivity contribution in [2.75, 3.05) is 0 Å². The SMILES string of the molecule is CCCCCCC[C@H]1CC[C@H]([C@H]2CC[C@H](CC(F)(F)F)CC2)CC1. The summed E-state index contributed by atoms with van der Waals surface area (Å²) in [4.78, 5) is 0. The molecule has 2 saturated carbocycles. The fourth-order valence-corrected chi connectivity index (χ4v) is 5.18. The molecule has 0 unspecified atom stereocenters. The summed E-state index contributed by atoms with van der Waals surface area (Å²) >= 11 is 0. The lowest BCUT2D eigenvalue weighted by Gasteiger charge is -2.38. The molecule has 24 heavy (non-hydrogen) atoms. The summed E-state index contributed by atoms with van der Waals surface area (Å²) in [5.74, 6) is 2.37. The highest BCUT2D eigenvalue weighted by atomic mass is 19.4. The van der Waals surface area contributed by atoms with Gasteiger partial charge in [-0.15, -0.1) is 0 Å². The smallest absolute Gasteiger partial charge is 0.171 e. The largest absolute Gasteiger partial charge is 0.389 e. The van der Waals surface area contributed by atoms with Crippen molar-refractivity contribution in [1.82, 2.24) is 0 Å². The molecular formula is C21H37F3. The maximum absolute atomic E-state index is 12.5. The van der Waals surface area contributed by atoms with Crippen LogP contribution in [0, 0.1) is 23.7 Å². The van der Waals surface area contributed by atoms with Gasteiger partial charge in [0.25, 0.3) is 0 Å². The van der Waals surface area contributed by atoms with Crippen molar-refractivity contribution in [2.24, 2.45) is 23.7 Å². The van der Waals surface area contributed by atoms with Gasteiger partial charge in [-0.2, -0.15) is 13.2 Å². The van der Waals surface area contributed by atoms with Gasteiger partial charge < -0.3 is 0 Å². The number of hydrogen-bond donors (Lipinski definition) is 0. The van der Waals surface area contributed by atoms with E-state index in [-0.39, 0.29) is 5.92 Å². The van der Waals surface area contributed by atoms with E-state index in [0.717, 1.165) is 43.4 Å². The van der Waals surface area contributed by atoms with Gasteiger partial charge in [0.05, 0.1) is 0 Å². The first-order valence-corrected chi connectivity index (χ1v) is 10.5. The van der Waals surface area contributed by atoms with E-state index in [1.807, 2.05) is 0 Å². The van der Waals surface area contributed by atoms with Gasteiger partial charge in [-0.3, -0.25) is 0 Å². The van der Waals surface area contributed by atoms with Crippen LogP contribution in [-0.2, 0) is 0 Å². The summed E-state index contributed by atoms with van der Waals surface area (Å²) in [7, 11) is 0. The highest BCUT2D eigenvalue weighted by Crippen LogP contribution is 2.44. The molecular weight excluding hydrogens is 309 g/mol. The average molecular weight is 347 g/mol. The number of hydrogen-bond acceptors (Lipinski definition) is 0. The Balaban J connectivity index is 1.58. The lowest BCUT2D eigenvalue weighted by atomic mass is 9.68. The standard InChI is InChI=1S/C21H37F3/c1-2-3-4-5-6-7-17-8-12-19(13-9-17)20-14-10-18(11-15-20)16-21(22,23)24/h17-20H,2-16H2,1H3/t17-,18-,19-,20-. The maximum Gasteiger partial charge on any atom is 0.389 e. The van der Waals surface area contributed by atoms with Crippen molar-refractivity contribution >= 4 is 0 Å². The number of halogens is 3. The molecule has 0 nitrogen and oxygen atoms in total. The van der Waals surface area contributed by atoms with Gasteiger partial charge >= 0.3 is 6.18 Å². The van der Waals surface area contributed by atoms with Gasteiger partial charge in [-0.05, 0) is 62.2 Å². The third-order valence-electron chi connectivity index (χ3n) is 6.69. The van der Waals surface area contributed by atoms with Crippen LogP contribution in [0.5, 0.6) is 0 Å². The van der Waals surface area contributed by atoms with E-state index in [0.29, 0.717) is 0 Å². The first-order valence-electron chi connectivity index (χ1n) is 10.5. The lowest BCUT2D eigenvalue weighted by Crippen LogP contribution is -2.27.